The van der Waals surface area contributed by atoms with Crippen LogP contribution in [0.25, 0.3) is 11.0 Å². The molecule has 2 aromatic heterocycles. The number of sulfonamides is 1. The van der Waals surface area contributed by atoms with Gasteiger partial charge in [0.15, 0.2) is 5.78 Å². The molecule has 0 saturated heterocycles. The summed E-state index contributed by atoms with van der Waals surface area (Å²) in [5.74, 6) is -1.27. The summed E-state index contributed by atoms with van der Waals surface area (Å²) in [6.07, 6.45) is 2.94. The second-order valence-corrected chi connectivity index (χ2v) is 9.56. The summed E-state index contributed by atoms with van der Waals surface area (Å²) >= 11 is 6.44. The van der Waals surface area contributed by atoms with E-state index in [1.807, 2.05) is 13.8 Å². The first-order valence-electron chi connectivity index (χ1n) is 9.83. The van der Waals surface area contributed by atoms with E-state index in [2.05, 4.69) is 14.7 Å². The van der Waals surface area contributed by atoms with E-state index in [0.717, 1.165) is 12.1 Å². The fourth-order valence-corrected chi connectivity index (χ4v) is 4.93. The van der Waals surface area contributed by atoms with Crippen LogP contribution in [0.3, 0.4) is 0 Å². The Morgan fingerprint density at radius 2 is 1.85 bits per heavy atom. The molecule has 2 aromatic carbocycles. The number of anilines is 2. The molecule has 11 heteroatoms. The van der Waals surface area contributed by atoms with Gasteiger partial charge < -0.3 is 10.3 Å². The molecule has 8 nitrogen and oxygen atoms in total. The van der Waals surface area contributed by atoms with Crippen molar-refractivity contribution in [3.63, 3.8) is 0 Å². The van der Waals surface area contributed by atoms with Gasteiger partial charge in [-0.05, 0) is 38.1 Å². The normalized spacial score (nSPS) is 11.8. The van der Waals surface area contributed by atoms with Crippen molar-refractivity contribution < 1.29 is 17.6 Å². The molecule has 0 spiro atoms. The lowest BCUT2D eigenvalue weighted by Crippen LogP contribution is -2.15. The number of rotatable bonds is 6. The Kier molecular flexibility index (Phi) is 5.81. The molecule has 0 saturated carbocycles. The molecule has 0 aliphatic heterocycles. The van der Waals surface area contributed by atoms with Gasteiger partial charge in [0.05, 0.1) is 21.7 Å². The second-order valence-electron chi connectivity index (χ2n) is 7.53. The Bertz CT molecular complexity index is 1500. The summed E-state index contributed by atoms with van der Waals surface area (Å²) in [5, 5.41) is 0.243. The molecule has 4 rings (SSSR count). The molecule has 0 aliphatic rings. The van der Waals surface area contributed by atoms with Crippen LogP contribution in [0, 0.1) is 5.82 Å². The molecular formula is C22H19ClFN5O3S. The zero-order chi connectivity index (χ0) is 23.9. The van der Waals surface area contributed by atoms with E-state index < -0.39 is 26.5 Å². The predicted octanol–water partition coefficient (Wildman–Crippen LogP) is 4.42. The zero-order valence-electron chi connectivity index (χ0n) is 17.6. The molecular weight excluding hydrogens is 469 g/mol. The summed E-state index contributed by atoms with van der Waals surface area (Å²) in [7, 11) is -4.29. The number of halogens is 2. The molecule has 0 atom stereocenters. The summed E-state index contributed by atoms with van der Waals surface area (Å²) in [5.41, 5.74) is 6.73. The third kappa shape index (κ3) is 4.03. The number of nitrogen functional groups attached to an aromatic ring is 1. The highest BCUT2D eigenvalue weighted by molar-refractivity contribution is 7.92. The van der Waals surface area contributed by atoms with Gasteiger partial charge in [0.25, 0.3) is 10.0 Å². The average molecular weight is 488 g/mol. The van der Waals surface area contributed by atoms with E-state index in [4.69, 9.17) is 17.3 Å². The maximum absolute atomic E-state index is 14.0. The van der Waals surface area contributed by atoms with Gasteiger partial charge in [-0.3, -0.25) is 9.52 Å². The number of aromatic nitrogens is 3. The summed E-state index contributed by atoms with van der Waals surface area (Å²) in [6, 6.07) is 9.24. The number of nitrogens with one attached hydrogen (secondary N) is 1. The number of hydrogen-bond acceptors (Lipinski definition) is 6. The number of nitrogens with zero attached hydrogens (tertiary/aromatic N) is 3. The minimum atomic E-state index is -4.29. The van der Waals surface area contributed by atoms with Gasteiger partial charge in [-0.2, -0.15) is 0 Å². The van der Waals surface area contributed by atoms with Gasteiger partial charge in [0, 0.05) is 17.8 Å². The third-order valence-electron chi connectivity index (χ3n) is 5.05. The van der Waals surface area contributed by atoms with Crippen LogP contribution < -0.4 is 10.5 Å². The van der Waals surface area contributed by atoms with Crippen molar-refractivity contribution in [2.45, 2.75) is 24.8 Å². The highest BCUT2D eigenvalue weighted by Crippen LogP contribution is 2.33. The lowest BCUT2D eigenvalue weighted by molar-refractivity contribution is 0.104. The van der Waals surface area contributed by atoms with E-state index >= 15 is 0 Å². The number of fused-ring (bicyclic) bond motifs is 1. The summed E-state index contributed by atoms with van der Waals surface area (Å²) < 4.78 is 43.5. The number of ketones is 1. The van der Waals surface area contributed by atoms with Crippen molar-refractivity contribution in [3.05, 3.63) is 77.0 Å². The molecule has 0 amide bonds. The highest BCUT2D eigenvalue weighted by Gasteiger charge is 2.25. The molecule has 0 radical (unpaired) electrons. The van der Waals surface area contributed by atoms with E-state index in [-0.39, 0.29) is 33.7 Å². The van der Waals surface area contributed by atoms with Gasteiger partial charge >= 0.3 is 0 Å². The van der Waals surface area contributed by atoms with E-state index in [0.29, 0.717) is 11.0 Å². The second kappa shape index (κ2) is 8.45. The van der Waals surface area contributed by atoms with Gasteiger partial charge in [-0.15, -0.1) is 0 Å². The van der Waals surface area contributed by atoms with Crippen LogP contribution in [0.15, 0.2) is 59.9 Å². The molecule has 4 aromatic rings. The van der Waals surface area contributed by atoms with Crippen LogP contribution in [0.1, 0.15) is 35.8 Å². The molecule has 0 aliphatic carbocycles. The molecule has 2 heterocycles. The van der Waals surface area contributed by atoms with Crippen LogP contribution in [0.2, 0.25) is 5.02 Å². The monoisotopic (exact) mass is 487 g/mol. The summed E-state index contributed by atoms with van der Waals surface area (Å²) in [4.78, 5) is 21.2. The Hall–Kier alpha value is -3.50. The largest absolute Gasteiger partial charge is 0.383 e. The SMILES string of the molecule is CC(C)n1cc(C(=O)c2cccc(NS(=O)(=O)c3ccccc3F)c2Cl)c2c(N)ncnc21. The molecule has 3 N–H and O–H groups in total. The highest BCUT2D eigenvalue weighted by atomic mass is 35.5. The van der Waals surface area contributed by atoms with Crippen molar-refractivity contribution in [2.24, 2.45) is 0 Å². The first-order valence-corrected chi connectivity index (χ1v) is 11.7. The third-order valence-corrected chi connectivity index (χ3v) is 6.86. The van der Waals surface area contributed by atoms with Crippen LogP contribution in [-0.4, -0.2) is 28.7 Å². The van der Waals surface area contributed by atoms with Crippen LogP contribution in [0.4, 0.5) is 15.9 Å². The molecule has 33 heavy (non-hydrogen) atoms. The minimum Gasteiger partial charge on any atom is -0.383 e. The standard InChI is InChI=1S/C22H19ClFN5O3S/c1-12(2)29-10-14(18-21(25)26-11-27-22(18)29)20(30)13-6-5-8-16(19(13)23)28-33(31,32)17-9-4-3-7-15(17)24/h3-12,28H,1-2H3,(H2,25,26,27). The lowest BCUT2D eigenvalue weighted by atomic mass is 10.0. The van der Waals surface area contributed by atoms with Crippen LogP contribution in [0.5, 0.6) is 0 Å². The Morgan fingerprint density at radius 3 is 2.55 bits per heavy atom. The van der Waals surface area contributed by atoms with Crippen molar-refractivity contribution in [1.82, 2.24) is 14.5 Å². The Balaban J connectivity index is 1.79. The van der Waals surface area contributed by atoms with Crippen LogP contribution >= 0.6 is 11.6 Å². The first kappa shape index (κ1) is 22.7. The van der Waals surface area contributed by atoms with Crippen LogP contribution in [-0.2, 0) is 10.0 Å². The molecule has 0 unspecified atom stereocenters. The maximum Gasteiger partial charge on any atom is 0.264 e. The fourth-order valence-electron chi connectivity index (χ4n) is 3.47. The lowest BCUT2D eigenvalue weighted by Gasteiger charge is -2.12. The van der Waals surface area contributed by atoms with Crippen molar-refractivity contribution in [3.8, 4) is 0 Å². The minimum absolute atomic E-state index is 0.0160. The average Bonchev–Trinajstić information content (AvgIpc) is 3.16. The first-order chi connectivity index (χ1) is 15.6. The van der Waals surface area contributed by atoms with Gasteiger partial charge in [-0.1, -0.05) is 29.8 Å². The van der Waals surface area contributed by atoms with E-state index in [9.17, 15) is 17.6 Å². The molecule has 0 bridgehead atoms. The molecule has 170 valence electrons. The van der Waals surface area contributed by atoms with Crippen molar-refractivity contribution in [2.75, 3.05) is 10.5 Å². The topological polar surface area (TPSA) is 120 Å². The van der Waals surface area contributed by atoms with Gasteiger partial charge in [-0.25, -0.2) is 22.8 Å². The van der Waals surface area contributed by atoms with Gasteiger partial charge in [0.1, 0.15) is 28.5 Å². The fraction of sp³-hybridized carbons (Fsp3) is 0.136. The maximum atomic E-state index is 14.0. The smallest absolute Gasteiger partial charge is 0.264 e. The zero-order valence-corrected chi connectivity index (χ0v) is 19.2. The summed E-state index contributed by atoms with van der Waals surface area (Å²) in [6.45, 7) is 3.86. The number of carbonyl (C=O) groups is 1. The molecule has 0 fully saturated rings. The number of hydrogen-bond donors (Lipinski definition) is 2. The number of benzene rings is 2. The van der Waals surface area contributed by atoms with E-state index in [1.54, 1.807) is 10.8 Å². The quantitative estimate of drug-likeness (QED) is 0.388. The van der Waals surface area contributed by atoms with Crippen molar-refractivity contribution >= 4 is 49.9 Å². The Labute approximate surface area is 194 Å². The Morgan fingerprint density at radius 1 is 1.12 bits per heavy atom. The van der Waals surface area contributed by atoms with E-state index in [1.165, 1.54) is 36.7 Å². The van der Waals surface area contributed by atoms with Gasteiger partial charge in [0.2, 0.25) is 0 Å². The predicted molar refractivity (Wildman–Crippen MR) is 124 cm³/mol. The number of nitrogens with two attached hydrogens (primary N) is 1. The van der Waals surface area contributed by atoms with Crippen molar-refractivity contribution in [1.29, 1.82) is 0 Å². The number of carbonyl (C=O) groups excluding carboxylic acids is 1.